The van der Waals surface area contributed by atoms with Crippen LogP contribution < -0.4 is 16.4 Å². The van der Waals surface area contributed by atoms with Gasteiger partial charge in [0.15, 0.2) is 5.82 Å². The maximum absolute atomic E-state index is 13.4. The number of anilines is 2. The van der Waals surface area contributed by atoms with Gasteiger partial charge in [0.1, 0.15) is 5.82 Å². The molecule has 6 heteroatoms. The van der Waals surface area contributed by atoms with Crippen LogP contribution in [0.3, 0.4) is 0 Å². The van der Waals surface area contributed by atoms with E-state index in [1.807, 2.05) is 0 Å². The molecule has 4 nitrogen and oxygen atoms in total. The number of hydrogen-bond acceptors (Lipinski definition) is 3. The van der Waals surface area contributed by atoms with Crippen molar-refractivity contribution in [2.75, 3.05) is 23.7 Å². The lowest BCUT2D eigenvalue weighted by Crippen LogP contribution is -2.41. The quantitative estimate of drug-likeness (QED) is 0.781. The predicted molar refractivity (Wildman–Crippen MR) is 64.9 cm³/mol. The second kappa shape index (κ2) is 4.80. The van der Waals surface area contributed by atoms with Crippen LogP contribution in [0, 0.1) is 17.6 Å². The maximum Gasteiger partial charge on any atom is 0.222 e. The maximum atomic E-state index is 13.4. The van der Waals surface area contributed by atoms with E-state index in [2.05, 4.69) is 0 Å². The Balaban J connectivity index is 2.28. The van der Waals surface area contributed by atoms with Crippen LogP contribution in [-0.4, -0.2) is 19.0 Å². The third-order valence-electron chi connectivity index (χ3n) is 3.24. The number of carbonyl (C=O) groups is 1. The molecule has 1 aliphatic heterocycles. The largest absolute Gasteiger partial charge is 0.395 e. The Morgan fingerprint density at radius 3 is 2.78 bits per heavy atom. The molecule has 0 radical (unpaired) electrons. The minimum absolute atomic E-state index is 0.0958. The molecule has 0 bridgehead atoms. The van der Waals surface area contributed by atoms with Gasteiger partial charge in [-0.05, 0) is 18.9 Å². The first-order chi connectivity index (χ1) is 8.49. The van der Waals surface area contributed by atoms with Crippen LogP contribution in [0.2, 0.25) is 0 Å². The highest BCUT2D eigenvalue weighted by Crippen LogP contribution is 2.30. The second-order valence-electron chi connectivity index (χ2n) is 4.51. The molecule has 1 atom stereocenters. The van der Waals surface area contributed by atoms with Gasteiger partial charge in [0.05, 0.1) is 17.3 Å². The topological polar surface area (TPSA) is 72.4 Å². The van der Waals surface area contributed by atoms with Gasteiger partial charge >= 0.3 is 0 Å². The number of hydrogen-bond donors (Lipinski definition) is 2. The van der Waals surface area contributed by atoms with Crippen LogP contribution in [0.1, 0.15) is 12.8 Å². The minimum Gasteiger partial charge on any atom is -0.395 e. The van der Waals surface area contributed by atoms with E-state index in [0.717, 1.165) is 12.5 Å². The van der Waals surface area contributed by atoms with Gasteiger partial charge in [-0.25, -0.2) is 8.78 Å². The highest BCUT2D eigenvalue weighted by Gasteiger charge is 2.26. The van der Waals surface area contributed by atoms with Gasteiger partial charge in [0, 0.05) is 19.2 Å². The SMILES string of the molecule is NC(=O)C1CCCN(c2cc(F)cc(F)c2N)C1. The number of nitrogen functional groups attached to an aromatic ring is 1. The fraction of sp³-hybridized carbons (Fsp3) is 0.417. The van der Waals surface area contributed by atoms with Crippen LogP contribution in [0.4, 0.5) is 20.2 Å². The molecule has 1 aromatic carbocycles. The molecule has 0 aromatic heterocycles. The Labute approximate surface area is 104 Å². The third-order valence-corrected chi connectivity index (χ3v) is 3.24. The normalized spacial score (nSPS) is 19.9. The van der Waals surface area contributed by atoms with Crippen molar-refractivity contribution in [3.05, 3.63) is 23.8 Å². The van der Waals surface area contributed by atoms with Gasteiger partial charge in [-0.2, -0.15) is 0 Å². The second-order valence-corrected chi connectivity index (χ2v) is 4.51. The van der Waals surface area contributed by atoms with Crippen LogP contribution >= 0.6 is 0 Å². The molecule has 0 spiro atoms. The third kappa shape index (κ3) is 2.37. The van der Waals surface area contributed by atoms with E-state index < -0.39 is 17.5 Å². The Morgan fingerprint density at radius 1 is 1.39 bits per heavy atom. The molecule has 1 saturated heterocycles. The highest BCUT2D eigenvalue weighted by molar-refractivity contribution is 5.78. The number of carbonyl (C=O) groups excluding carboxylic acids is 1. The summed E-state index contributed by atoms with van der Waals surface area (Å²) in [5.74, 6) is -2.16. The standard InChI is InChI=1S/C12H15F2N3O/c13-8-4-9(14)11(15)10(5-8)17-3-1-2-7(6-17)12(16)18/h4-5,7H,1-3,6,15H2,(H2,16,18). The summed E-state index contributed by atoms with van der Waals surface area (Å²) >= 11 is 0. The Bertz CT molecular complexity index is 479. The summed E-state index contributed by atoms with van der Waals surface area (Å²) in [6.45, 7) is 0.958. The van der Waals surface area contributed by atoms with Gasteiger partial charge < -0.3 is 16.4 Å². The lowest BCUT2D eigenvalue weighted by molar-refractivity contribution is -0.122. The number of nitrogens with two attached hydrogens (primary N) is 2. The van der Waals surface area contributed by atoms with E-state index in [9.17, 15) is 13.6 Å². The van der Waals surface area contributed by atoms with Gasteiger partial charge in [0.2, 0.25) is 5.91 Å². The fourth-order valence-corrected chi connectivity index (χ4v) is 2.26. The molecule has 1 aliphatic rings. The smallest absolute Gasteiger partial charge is 0.222 e. The number of piperidine rings is 1. The molecule has 1 amide bonds. The number of benzene rings is 1. The van der Waals surface area contributed by atoms with Gasteiger partial charge in [0.25, 0.3) is 0 Å². The molecule has 0 aliphatic carbocycles. The summed E-state index contributed by atoms with van der Waals surface area (Å²) in [5.41, 5.74) is 11.1. The predicted octanol–water partition coefficient (Wildman–Crippen LogP) is 1.25. The van der Waals surface area contributed by atoms with E-state index in [1.54, 1.807) is 4.90 Å². The average molecular weight is 255 g/mol. The molecule has 4 N–H and O–H groups in total. The van der Waals surface area contributed by atoms with Crippen molar-refractivity contribution in [1.82, 2.24) is 0 Å². The van der Waals surface area contributed by atoms with Crippen LogP contribution in [0.5, 0.6) is 0 Å². The van der Waals surface area contributed by atoms with E-state index in [-0.39, 0.29) is 11.6 Å². The lowest BCUT2D eigenvalue weighted by atomic mass is 9.97. The van der Waals surface area contributed by atoms with Crippen molar-refractivity contribution in [3.63, 3.8) is 0 Å². The minimum atomic E-state index is -0.786. The van der Waals surface area contributed by atoms with E-state index in [0.29, 0.717) is 25.2 Å². The molecular weight excluding hydrogens is 240 g/mol. The number of halogens is 2. The van der Waals surface area contributed by atoms with Gasteiger partial charge in [-0.3, -0.25) is 4.79 Å². The molecule has 2 rings (SSSR count). The molecule has 18 heavy (non-hydrogen) atoms. The molecule has 1 fully saturated rings. The number of primary amides is 1. The summed E-state index contributed by atoms with van der Waals surface area (Å²) in [7, 11) is 0. The highest BCUT2D eigenvalue weighted by atomic mass is 19.1. The lowest BCUT2D eigenvalue weighted by Gasteiger charge is -2.33. The first kappa shape index (κ1) is 12.6. The molecule has 1 heterocycles. The van der Waals surface area contributed by atoms with Crippen molar-refractivity contribution in [1.29, 1.82) is 0 Å². The van der Waals surface area contributed by atoms with E-state index in [1.165, 1.54) is 6.07 Å². The number of rotatable bonds is 2. The first-order valence-electron chi connectivity index (χ1n) is 5.78. The molecular formula is C12H15F2N3O. The molecule has 0 saturated carbocycles. The summed E-state index contributed by atoms with van der Waals surface area (Å²) in [5, 5.41) is 0. The van der Waals surface area contributed by atoms with Gasteiger partial charge in [-0.1, -0.05) is 0 Å². The average Bonchev–Trinajstić information content (AvgIpc) is 2.34. The Morgan fingerprint density at radius 2 is 2.11 bits per heavy atom. The van der Waals surface area contributed by atoms with Crippen molar-refractivity contribution in [3.8, 4) is 0 Å². The molecule has 98 valence electrons. The van der Waals surface area contributed by atoms with Crippen LogP contribution in [-0.2, 0) is 4.79 Å². The summed E-state index contributed by atoms with van der Waals surface area (Å²) in [6, 6.07) is 1.93. The summed E-state index contributed by atoms with van der Waals surface area (Å²) < 4.78 is 26.6. The summed E-state index contributed by atoms with van der Waals surface area (Å²) in [6.07, 6.45) is 1.44. The van der Waals surface area contributed by atoms with Gasteiger partial charge in [-0.15, -0.1) is 0 Å². The van der Waals surface area contributed by atoms with Crippen LogP contribution in [0.15, 0.2) is 12.1 Å². The first-order valence-corrected chi connectivity index (χ1v) is 5.78. The zero-order valence-corrected chi connectivity index (χ0v) is 9.83. The zero-order valence-electron chi connectivity index (χ0n) is 9.83. The van der Waals surface area contributed by atoms with Crippen molar-refractivity contribution < 1.29 is 13.6 Å². The molecule has 1 aromatic rings. The zero-order chi connectivity index (χ0) is 13.3. The number of nitrogens with zero attached hydrogens (tertiary/aromatic N) is 1. The van der Waals surface area contributed by atoms with Crippen molar-refractivity contribution in [2.45, 2.75) is 12.8 Å². The Kier molecular flexibility index (Phi) is 3.36. The Hall–Kier alpha value is -1.85. The van der Waals surface area contributed by atoms with E-state index in [4.69, 9.17) is 11.5 Å². The van der Waals surface area contributed by atoms with Crippen LogP contribution in [0.25, 0.3) is 0 Å². The number of amides is 1. The monoisotopic (exact) mass is 255 g/mol. The van der Waals surface area contributed by atoms with Crippen molar-refractivity contribution >= 4 is 17.3 Å². The molecule has 1 unspecified atom stereocenters. The van der Waals surface area contributed by atoms with E-state index >= 15 is 0 Å². The fourth-order valence-electron chi connectivity index (χ4n) is 2.26. The summed E-state index contributed by atoms with van der Waals surface area (Å²) in [4.78, 5) is 12.9. The van der Waals surface area contributed by atoms with Crippen molar-refractivity contribution in [2.24, 2.45) is 11.7 Å².